The van der Waals surface area contributed by atoms with Gasteiger partial charge >= 0.3 is 0 Å². The first-order chi connectivity index (χ1) is 10.8. The summed E-state index contributed by atoms with van der Waals surface area (Å²) in [7, 11) is 0. The highest BCUT2D eigenvalue weighted by Gasteiger charge is 2.25. The predicted octanol–water partition coefficient (Wildman–Crippen LogP) is 3.29. The highest BCUT2D eigenvalue weighted by Crippen LogP contribution is 2.26. The first-order valence-corrected chi connectivity index (χ1v) is 8.99. The molecule has 0 bridgehead atoms. The molecule has 3 nitrogen and oxygen atoms in total. The lowest BCUT2D eigenvalue weighted by Gasteiger charge is -2.39. The van der Waals surface area contributed by atoms with Crippen LogP contribution in [0.4, 0.5) is 0 Å². The minimum atomic E-state index is 0.130. The third-order valence-electron chi connectivity index (χ3n) is 4.81. The van der Waals surface area contributed by atoms with Crippen molar-refractivity contribution in [2.75, 3.05) is 39.3 Å². The molecule has 1 atom stereocenters. The molecule has 130 valence electrons. The van der Waals surface area contributed by atoms with E-state index in [-0.39, 0.29) is 18.1 Å². The van der Waals surface area contributed by atoms with Crippen molar-refractivity contribution in [2.24, 2.45) is 5.92 Å². The average molecular weight is 319 g/mol. The minimum absolute atomic E-state index is 0.130. The molecule has 1 aromatic carbocycles. The van der Waals surface area contributed by atoms with E-state index in [2.05, 4.69) is 68.7 Å². The topological polar surface area (TPSA) is 26.7 Å². The molecule has 1 fully saturated rings. The van der Waals surface area contributed by atoms with Crippen LogP contribution in [0.1, 0.15) is 51.8 Å². The summed E-state index contributed by atoms with van der Waals surface area (Å²) in [5, 5.41) is 9.92. The second kappa shape index (κ2) is 7.78. The molecule has 23 heavy (non-hydrogen) atoms. The third-order valence-corrected chi connectivity index (χ3v) is 4.81. The van der Waals surface area contributed by atoms with Gasteiger partial charge in [-0.3, -0.25) is 4.90 Å². The van der Waals surface area contributed by atoms with E-state index in [1.807, 2.05) is 0 Å². The van der Waals surface area contributed by atoms with Crippen LogP contribution >= 0.6 is 0 Å². The summed E-state index contributed by atoms with van der Waals surface area (Å²) in [6.45, 7) is 16.9. The van der Waals surface area contributed by atoms with Crippen LogP contribution in [0.15, 0.2) is 24.3 Å². The fourth-order valence-corrected chi connectivity index (χ4v) is 3.41. The molecule has 1 N–H and O–H groups in total. The van der Waals surface area contributed by atoms with Gasteiger partial charge in [-0.2, -0.15) is 0 Å². The van der Waals surface area contributed by atoms with Gasteiger partial charge in [0.2, 0.25) is 0 Å². The number of hydrogen-bond acceptors (Lipinski definition) is 3. The molecule has 0 saturated carbocycles. The molecular weight excluding hydrogens is 284 g/mol. The molecule has 1 saturated heterocycles. The van der Waals surface area contributed by atoms with Gasteiger partial charge in [-0.1, -0.05) is 58.9 Å². The molecule has 1 unspecified atom stereocenters. The van der Waals surface area contributed by atoms with E-state index in [4.69, 9.17) is 0 Å². The van der Waals surface area contributed by atoms with Gasteiger partial charge in [0.25, 0.3) is 0 Å². The molecule has 1 heterocycles. The summed E-state index contributed by atoms with van der Waals surface area (Å²) in [6, 6.07) is 8.95. The smallest absolute Gasteiger partial charge is 0.0628 e. The van der Waals surface area contributed by atoms with Crippen molar-refractivity contribution in [1.29, 1.82) is 0 Å². The molecule has 0 radical (unpaired) electrons. The Balaban J connectivity index is 2.00. The number of aliphatic hydroxyl groups excluding tert-OH is 1. The third kappa shape index (κ3) is 5.03. The van der Waals surface area contributed by atoms with E-state index in [1.165, 1.54) is 17.7 Å². The second-order valence-electron chi connectivity index (χ2n) is 8.30. The zero-order chi connectivity index (χ0) is 17.0. The van der Waals surface area contributed by atoms with Crippen molar-refractivity contribution in [3.8, 4) is 0 Å². The number of piperazine rings is 1. The van der Waals surface area contributed by atoms with Crippen molar-refractivity contribution in [1.82, 2.24) is 9.80 Å². The van der Waals surface area contributed by atoms with Crippen molar-refractivity contribution in [3.63, 3.8) is 0 Å². The molecule has 0 spiro atoms. The van der Waals surface area contributed by atoms with Gasteiger partial charge in [-0.05, 0) is 22.5 Å². The lowest BCUT2D eigenvalue weighted by Crippen LogP contribution is -2.49. The summed E-state index contributed by atoms with van der Waals surface area (Å²) < 4.78 is 0. The van der Waals surface area contributed by atoms with Crippen LogP contribution in [0.5, 0.6) is 0 Å². The summed E-state index contributed by atoms with van der Waals surface area (Å²) in [5.41, 5.74) is 2.76. The Morgan fingerprint density at radius 2 is 1.57 bits per heavy atom. The Labute approximate surface area is 142 Å². The Bertz CT molecular complexity index is 467. The van der Waals surface area contributed by atoms with Crippen LogP contribution in [-0.4, -0.2) is 54.2 Å². The average Bonchev–Trinajstić information content (AvgIpc) is 2.49. The van der Waals surface area contributed by atoms with Crippen molar-refractivity contribution >= 4 is 0 Å². The first-order valence-electron chi connectivity index (χ1n) is 8.99. The first kappa shape index (κ1) is 18.4. The fourth-order valence-electron chi connectivity index (χ4n) is 3.41. The quantitative estimate of drug-likeness (QED) is 0.902. The summed E-state index contributed by atoms with van der Waals surface area (Å²) in [4.78, 5) is 4.97. The molecule has 3 heteroatoms. The molecular formula is C20H34N2O. The molecule has 0 amide bonds. The standard InChI is InChI=1S/C20H34N2O/c1-16(2)14-21-10-12-22(13-11-21)19(15-23)17-6-8-18(9-7-17)20(3,4)5/h6-9,16,19,23H,10-15H2,1-5H3. The van der Waals surface area contributed by atoms with E-state index >= 15 is 0 Å². The van der Waals surface area contributed by atoms with Crippen LogP contribution in [0.25, 0.3) is 0 Å². The van der Waals surface area contributed by atoms with E-state index < -0.39 is 0 Å². The van der Waals surface area contributed by atoms with Gasteiger partial charge in [0, 0.05) is 32.7 Å². The van der Waals surface area contributed by atoms with E-state index in [0.717, 1.165) is 32.1 Å². The Hall–Kier alpha value is -0.900. The molecule has 1 aromatic rings. The maximum Gasteiger partial charge on any atom is 0.0628 e. The minimum Gasteiger partial charge on any atom is -0.394 e. The van der Waals surface area contributed by atoms with Crippen LogP contribution in [-0.2, 0) is 5.41 Å². The lowest BCUT2D eigenvalue weighted by molar-refractivity contribution is 0.0606. The van der Waals surface area contributed by atoms with Crippen LogP contribution in [0, 0.1) is 5.92 Å². The molecule has 0 aliphatic carbocycles. The van der Waals surface area contributed by atoms with Crippen LogP contribution in [0.3, 0.4) is 0 Å². The number of rotatable bonds is 5. The number of hydrogen-bond donors (Lipinski definition) is 1. The summed E-state index contributed by atoms with van der Waals surface area (Å²) in [5.74, 6) is 0.722. The van der Waals surface area contributed by atoms with E-state index in [9.17, 15) is 5.11 Å². The highest BCUT2D eigenvalue weighted by atomic mass is 16.3. The van der Waals surface area contributed by atoms with Crippen LogP contribution in [0.2, 0.25) is 0 Å². The van der Waals surface area contributed by atoms with Gasteiger partial charge < -0.3 is 10.0 Å². The zero-order valence-electron chi connectivity index (χ0n) is 15.5. The van der Waals surface area contributed by atoms with Gasteiger partial charge in [-0.15, -0.1) is 0 Å². The van der Waals surface area contributed by atoms with E-state index in [0.29, 0.717) is 0 Å². The lowest BCUT2D eigenvalue weighted by atomic mass is 9.86. The SMILES string of the molecule is CC(C)CN1CCN(C(CO)c2ccc(C(C)(C)C)cc2)CC1. The summed E-state index contributed by atoms with van der Waals surface area (Å²) in [6.07, 6.45) is 0. The normalized spacial score (nSPS) is 19.3. The fraction of sp³-hybridized carbons (Fsp3) is 0.700. The number of nitrogens with zero attached hydrogens (tertiary/aromatic N) is 2. The largest absolute Gasteiger partial charge is 0.394 e. The van der Waals surface area contributed by atoms with Crippen LogP contribution < -0.4 is 0 Å². The Kier molecular flexibility index (Phi) is 6.24. The second-order valence-corrected chi connectivity index (χ2v) is 8.30. The molecule has 1 aliphatic heterocycles. The van der Waals surface area contributed by atoms with Crippen molar-refractivity contribution < 1.29 is 5.11 Å². The molecule has 2 rings (SSSR count). The van der Waals surface area contributed by atoms with Gasteiger partial charge in [-0.25, -0.2) is 0 Å². The summed E-state index contributed by atoms with van der Waals surface area (Å²) >= 11 is 0. The van der Waals surface area contributed by atoms with Crippen molar-refractivity contribution in [3.05, 3.63) is 35.4 Å². The van der Waals surface area contributed by atoms with E-state index in [1.54, 1.807) is 0 Å². The highest BCUT2D eigenvalue weighted by molar-refractivity contribution is 5.29. The monoisotopic (exact) mass is 318 g/mol. The maximum atomic E-state index is 9.92. The molecule has 1 aliphatic rings. The van der Waals surface area contributed by atoms with Gasteiger partial charge in [0.1, 0.15) is 0 Å². The zero-order valence-corrected chi connectivity index (χ0v) is 15.5. The van der Waals surface area contributed by atoms with Gasteiger partial charge in [0.15, 0.2) is 0 Å². The van der Waals surface area contributed by atoms with Crippen molar-refractivity contribution in [2.45, 2.75) is 46.1 Å². The number of aliphatic hydroxyl groups is 1. The number of benzene rings is 1. The van der Waals surface area contributed by atoms with Gasteiger partial charge in [0.05, 0.1) is 12.6 Å². The Morgan fingerprint density at radius 1 is 1.00 bits per heavy atom. The Morgan fingerprint density at radius 3 is 2.00 bits per heavy atom. The maximum absolute atomic E-state index is 9.92. The predicted molar refractivity (Wildman–Crippen MR) is 97.8 cm³/mol. The molecule has 0 aromatic heterocycles.